The fourth-order valence-electron chi connectivity index (χ4n) is 3.97. The average Bonchev–Trinajstić information content (AvgIpc) is 3.24. The Balaban J connectivity index is 1.42. The van der Waals surface area contributed by atoms with Gasteiger partial charge < -0.3 is 9.47 Å². The van der Waals surface area contributed by atoms with Gasteiger partial charge in [0.05, 0.1) is 24.8 Å². The van der Waals surface area contributed by atoms with Gasteiger partial charge in [-0.2, -0.15) is 0 Å². The number of anilines is 1. The minimum Gasteiger partial charge on any atom is -0.493 e. The Morgan fingerprint density at radius 3 is 2.67 bits per heavy atom. The maximum Gasteiger partial charge on any atom is 0.273 e. The van der Waals surface area contributed by atoms with E-state index in [1.54, 1.807) is 27.2 Å². The van der Waals surface area contributed by atoms with Crippen LogP contribution in [0.4, 0.5) is 10.8 Å². The molecule has 2 aromatic carbocycles. The van der Waals surface area contributed by atoms with E-state index in [1.807, 2.05) is 17.5 Å². The molecule has 172 valence electrons. The Morgan fingerprint density at radius 2 is 1.97 bits per heavy atom. The summed E-state index contributed by atoms with van der Waals surface area (Å²) >= 11 is 1.33. The normalized spacial score (nSPS) is 13.3. The summed E-state index contributed by atoms with van der Waals surface area (Å²) in [5, 5.41) is 16.3. The lowest BCUT2D eigenvalue weighted by atomic mass is 9.98. The number of rotatable bonds is 7. The number of nitrogens with zero attached hydrogens (tertiary/aromatic N) is 3. The Bertz CT molecular complexity index is 1210. The van der Waals surface area contributed by atoms with E-state index in [0.717, 1.165) is 31.0 Å². The lowest BCUT2D eigenvalue weighted by molar-refractivity contribution is -0.385. The number of ether oxygens (including phenoxy) is 2. The molecule has 1 N–H and O–H groups in total. The summed E-state index contributed by atoms with van der Waals surface area (Å²) < 4.78 is 10.8. The Morgan fingerprint density at radius 1 is 1.24 bits per heavy atom. The lowest BCUT2D eigenvalue weighted by Crippen LogP contribution is -2.30. The van der Waals surface area contributed by atoms with E-state index in [0.29, 0.717) is 23.0 Å². The smallest absolute Gasteiger partial charge is 0.273 e. The number of carbonyl (C=O) groups excluding carboxylic acids is 1. The van der Waals surface area contributed by atoms with Crippen molar-refractivity contribution in [2.24, 2.45) is 0 Å². The maximum atomic E-state index is 12.7. The van der Waals surface area contributed by atoms with Gasteiger partial charge in [-0.3, -0.25) is 25.1 Å². The molecule has 0 fully saturated rings. The van der Waals surface area contributed by atoms with E-state index in [1.165, 1.54) is 34.6 Å². The van der Waals surface area contributed by atoms with Crippen LogP contribution in [-0.4, -0.2) is 41.5 Å². The number of nitro benzene ring substituents is 1. The highest BCUT2D eigenvalue weighted by Crippen LogP contribution is 2.33. The summed E-state index contributed by atoms with van der Waals surface area (Å²) in [4.78, 5) is 30.1. The van der Waals surface area contributed by atoms with E-state index in [9.17, 15) is 14.9 Å². The molecular formula is C23H24N4O5S. The Kier molecular flexibility index (Phi) is 6.57. The second-order valence-corrected chi connectivity index (χ2v) is 8.60. The molecule has 0 bridgehead atoms. The van der Waals surface area contributed by atoms with Gasteiger partial charge in [0.25, 0.3) is 11.6 Å². The van der Waals surface area contributed by atoms with Crippen LogP contribution in [0.5, 0.6) is 11.5 Å². The van der Waals surface area contributed by atoms with Gasteiger partial charge in [-0.15, -0.1) is 11.3 Å². The molecule has 0 spiro atoms. The Hall–Kier alpha value is -3.50. The molecular weight excluding hydrogens is 444 g/mol. The summed E-state index contributed by atoms with van der Waals surface area (Å²) in [5.41, 5.74) is 3.82. The summed E-state index contributed by atoms with van der Waals surface area (Å²) in [7, 11) is 3.27. The molecule has 0 radical (unpaired) electrons. The SMILES string of the molecule is COc1cc2c(cc1OC)CN(Cc1csc(NC(=O)c3cccc([N+](=O)[O-])c3C)n1)CC2. The number of hydrogen-bond acceptors (Lipinski definition) is 8. The number of thiazole rings is 1. The molecule has 9 nitrogen and oxygen atoms in total. The van der Waals surface area contributed by atoms with E-state index in [-0.39, 0.29) is 11.3 Å². The fraction of sp³-hybridized carbons (Fsp3) is 0.304. The van der Waals surface area contributed by atoms with Crippen LogP contribution >= 0.6 is 11.3 Å². The van der Waals surface area contributed by atoms with Crippen LogP contribution in [0.15, 0.2) is 35.7 Å². The van der Waals surface area contributed by atoms with Crippen LogP contribution in [-0.2, 0) is 19.5 Å². The first-order valence-corrected chi connectivity index (χ1v) is 11.2. The molecule has 4 rings (SSSR count). The first kappa shape index (κ1) is 22.7. The largest absolute Gasteiger partial charge is 0.493 e. The van der Waals surface area contributed by atoms with Crippen LogP contribution < -0.4 is 14.8 Å². The molecule has 1 aliphatic heterocycles. The minimum atomic E-state index is -0.490. The zero-order valence-electron chi connectivity index (χ0n) is 18.6. The van der Waals surface area contributed by atoms with Gasteiger partial charge in [-0.25, -0.2) is 4.98 Å². The van der Waals surface area contributed by atoms with E-state index >= 15 is 0 Å². The second kappa shape index (κ2) is 9.55. The number of nitrogens with one attached hydrogen (secondary N) is 1. The molecule has 1 aromatic heterocycles. The van der Waals surface area contributed by atoms with Crippen LogP contribution in [0.2, 0.25) is 0 Å². The zero-order valence-corrected chi connectivity index (χ0v) is 19.4. The molecule has 1 aliphatic rings. The fourth-order valence-corrected chi connectivity index (χ4v) is 4.67. The summed E-state index contributed by atoms with van der Waals surface area (Å²) in [6.07, 6.45) is 0.898. The second-order valence-electron chi connectivity index (χ2n) is 7.74. The molecule has 2 heterocycles. The molecule has 0 unspecified atom stereocenters. The number of nitro groups is 1. The van der Waals surface area contributed by atoms with Gasteiger partial charge in [0.2, 0.25) is 0 Å². The minimum absolute atomic E-state index is 0.0814. The number of aromatic nitrogens is 1. The number of fused-ring (bicyclic) bond motifs is 1. The van der Waals surface area contributed by atoms with Crippen molar-refractivity contribution in [2.75, 3.05) is 26.1 Å². The molecule has 10 heteroatoms. The maximum absolute atomic E-state index is 12.7. The third kappa shape index (κ3) is 4.81. The van der Waals surface area contributed by atoms with Crippen molar-refractivity contribution in [3.8, 4) is 11.5 Å². The first-order chi connectivity index (χ1) is 15.9. The summed E-state index contributed by atoms with van der Waals surface area (Å²) in [5.74, 6) is 1.04. The van der Waals surface area contributed by atoms with Crippen LogP contribution in [0.25, 0.3) is 0 Å². The van der Waals surface area contributed by atoms with Crippen molar-refractivity contribution >= 4 is 28.1 Å². The van der Waals surface area contributed by atoms with Crippen molar-refractivity contribution in [1.82, 2.24) is 9.88 Å². The summed E-state index contributed by atoms with van der Waals surface area (Å²) in [6.45, 7) is 3.87. The van der Waals surface area contributed by atoms with Crippen molar-refractivity contribution < 1.29 is 19.2 Å². The van der Waals surface area contributed by atoms with E-state index < -0.39 is 10.8 Å². The van der Waals surface area contributed by atoms with Gasteiger partial charge >= 0.3 is 0 Å². The molecule has 0 saturated carbocycles. The van der Waals surface area contributed by atoms with Gasteiger partial charge in [0.15, 0.2) is 16.6 Å². The molecule has 0 saturated heterocycles. The van der Waals surface area contributed by atoms with E-state index in [4.69, 9.17) is 9.47 Å². The van der Waals surface area contributed by atoms with Crippen molar-refractivity contribution in [2.45, 2.75) is 26.4 Å². The number of hydrogen-bond donors (Lipinski definition) is 1. The number of methoxy groups -OCH3 is 2. The third-order valence-electron chi connectivity index (χ3n) is 5.70. The average molecular weight is 469 g/mol. The van der Waals surface area contributed by atoms with E-state index in [2.05, 4.69) is 15.2 Å². The van der Waals surface area contributed by atoms with Gasteiger partial charge in [0, 0.05) is 42.2 Å². The zero-order chi connectivity index (χ0) is 23.5. The van der Waals surface area contributed by atoms with Crippen LogP contribution in [0.3, 0.4) is 0 Å². The topological polar surface area (TPSA) is 107 Å². The highest BCUT2D eigenvalue weighted by molar-refractivity contribution is 7.14. The predicted molar refractivity (Wildman–Crippen MR) is 125 cm³/mol. The third-order valence-corrected chi connectivity index (χ3v) is 6.51. The molecule has 0 atom stereocenters. The molecule has 0 aliphatic carbocycles. The standard InChI is InChI=1S/C23H24N4O5S/c1-14-18(5-4-6-19(14)27(29)30)22(28)25-23-24-17(13-33-23)12-26-8-7-15-9-20(31-2)21(32-3)10-16(15)11-26/h4-6,9-10,13H,7-8,11-12H2,1-3H3,(H,24,25,28). The Labute approximate surface area is 195 Å². The number of carbonyl (C=O) groups is 1. The van der Waals surface area contributed by atoms with Gasteiger partial charge in [-0.1, -0.05) is 6.07 Å². The number of amides is 1. The first-order valence-electron chi connectivity index (χ1n) is 10.4. The van der Waals surface area contributed by atoms with Crippen LogP contribution in [0.1, 0.15) is 32.7 Å². The highest BCUT2D eigenvalue weighted by atomic mass is 32.1. The highest BCUT2D eigenvalue weighted by Gasteiger charge is 2.21. The van der Waals surface area contributed by atoms with Gasteiger partial charge in [0.1, 0.15) is 0 Å². The van der Waals surface area contributed by atoms with Crippen molar-refractivity contribution in [3.63, 3.8) is 0 Å². The monoisotopic (exact) mass is 468 g/mol. The molecule has 33 heavy (non-hydrogen) atoms. The van der Waals surface area contributed by atoms with Gasteiger partial charge in [-0.05, 0) is 42.7 Å². The lowest BCUT2D eigenvalue weighted by Gasteiger charge is -2.29. The summed E-state index contributed by atoms with van der Waals surface area (Å²) in [6, 6.07) is 8.52. The quantitative estimate of drug-likeness (QED) is 0.409. The molecule has 1 amide bonds. The molecule has 3 aromatic rings. The number of benzene rings is 2. The predicted octanol–water partition coefficient (Wildman–Crippen LogP) is 4.19. The van der Waals surface area contributed by atoms with Crippen molar-refractivity contribution in [3.05, 3.63) is 73.8 Å². The van der Waals surface area contributed by atoms with Crippen LogP contribution in [0, 0.1) is 17.0 Å². The van der Waals surface area contributed by atoms with Crippen molar-refractivity contribution in [1.29, 1.82) is 0 Å².